The van der Waals surface area contributed by atoms with Gasteiger partial charge in [0.05, 0.1) is 18.6 Å². The normalized spacial score (nSPS) is 15.1. The number of rotatable bonds is 7. The summed E-state index contributed by atoms with van der Waals surface area (Å²) in [6.45, 7) is 7.79. The van der Waals surface area contributed by atoms with Gasteiger partial charge in [-0.1, -0.05) is 16.8 Å². The third-order valence-corrected chi connectivity index (χ3v) is 6.19. The first-order valence-corrected chi connectivity index (χ1v) is 10.8. The lowest BCUT2D eigenvalue weighted by Crippen LogP contribution is -2.48. The number of carbonyl (C=O) groups is 1. The number of hydrogen-bond acceptors (Lipinski definition) is 6. The molecule has 0 spiro atoms. The first kappa shape index (κ1) is 21.0. The zero-order chi connectivity index (χ0) is 20.1. The second-order valence-electron chi connectivity index (χ2n) is 6.91. The smallest absolute Gasteiger partial charge is 0.232 e. The van der Waals surface area contributed by atoms with Crippen molar-refractivity contribution in [2.24, 2.45) is 0 Å². The van der Waals surface area contributed by atoms with Crippen LogP contribution in [0.15, 0.2) is 22.7 Å². The first-order chi connectivity index (χ1) is 13.5. The Morgan fingerprint density at radius 2 is 2.04 bits per heavy atom. The number of nitrogens with zero attached hydrogens (tertiary/aromatic N) is 3. The van der Waals surface area contributed by atoms with Gasteiger partial charge in [0.25, 0.3) is 0 Å². The summed E-state index contributed by atoms with van der Waals surface area (Å²) in [5.41, 5.74) is 3.07. The van der Waals surface area contributed by atoms with Crippen molar-refractivity contribution < 1.29 is 14.1 Å². The van der Waals surface area contributed by atoms with E-state index in [2.05, 4.69) is 10.1 Å². The van der Waals surface area contributed by atoms with Gasteiger partial charge in [0, 0.05) is 54.6 Å². The minimum atomic E-state index is 0.191. The van der Waals surface area contributed by atoms with E-state index in [1.165, 1.54) is 0 Å². The predicted octanol–water partition coefficient (Wildman–Crippen LogP) is 3.53. The Hall–Kier alpha value is -1.70. The average Bonchev–Trinajstić information content (AvgIpc) is 3.01. The molecule has 1 amide bonds. The van der Waals surface area contributed by atoms with Gasteiger partial charge < -0.3 is 14.2 Å². The summed E-state index contributed by atoms with van der Waals surface area (Å²) in [5.74, 6) is 3.10. The minimum Gasteiger partial charge on any atom is -0.496 e. The van der Waals surface area contributed by atoms with E-state index in [-0.39, 0.29) is 5.91 Å². The van der Waals surface area contributed by atoms with E-state index in [0.717, 1.165) is 66.8 Å². The number of benzene rings is 1. The fourth-order valence-electron chi connectivity index (χ4n) is 3.31. The molecule has 0 bridgehead atoms. The monoisotopic (exact) mass is 423 g/mol. The molecule has 1 aromatic heterocycles. The van der Waals surface area contributed by atoms with E-state index in [4.69, 9.17) is 20.9 Å². The fourth-order valence-corrected chi connectivity index (χ4v) is 4.58. The molecule has 1 aromatic carbocycles. The topological polar surface area (TPSA) is 58.8 Å². The number of aryl methyl sites for hydroxylation is 2. The Kier molecular flexibility index (Phi) is 7.26. The van der Waals surface area contributed by atoms with Crippen LogP contribution in [0, 0.1) is 13.8 Å². The highest BCUT2D eigenvalue weighted by Crippen LogP contribution is 2.25. The highest BCUT2D eigenvalue weighted by Gasteiger charge is 2.22. The van der Waals surface area contributed by atoms with Crippen molar-refractivity contribution in [3.05, 3.63) is 45.8 Å². The van der Waals surface area contributed by atoms with Crippen LogP contribution in [0.5, 0.6) is 5.75 Å². The van der Waals surface area contributed by atoms with E-state index < -0.39 is 0 Å². The van der Waals surface area contributed by atoms with E-state index in [1.807, 2.05) is 36.9 Å². The average molecular weight is 424 g/mol. The van der Waals surface area contributed by atoms with Gasteiger partial charge in [-0.15, -0.1) is 11.8 Å². The molecule has 8 heteroatoms. The van der Waals surface area contributed by atoms with E-state index >= 15 is 0 Å². The quantitative estimate of drug-likeness (QED) is 0.679. The molecule has 1 fully saturated rings. The van der Waals surface area contributed by atoms with Crippen molar-refractivity contribution in [3.8, 4) is 5.75 Å². The van der Waals surface area contributed by atoms with Crippen molar-refractivity contribution in [1.29, 1.82) is 0 Å². The van der Waals surface area contributed by atoms with Crippen molar-refractivity contribution in [3.63, 3.8) is 0 Å². The number of amides is 1. The second kappa shape index (κ2) is 9.67. The van der Waals surface area contributed by atoms with Crippen molar-refractivity contribution >= 4 is 29.3 Å². The molecule has 0 N–H and O–H groups in total. The summed E-state index contributed by atoms with van der Waals surface area (Å²) in [5, 5.41) is 4.67. The highest BCUT2D eigenvalue weighted by atomic mass is 35.5. The van der Waals surface area contributed by atoms with Crippen LogP contribution in [0.25, 0.3) is 0 Å². The second-order valence-corrected chi connectivity index (χ2v) is 8.33. The van der Waals surface area contributed by atoms with Crippen LogP contribution < -0.4 is 4.74 Å². The summed E-state index contributed by atoms with van der Waals surface area (Å²) in [4.78, 5) is 16.8. The summed E-state index contributed by atoms with van der Waals surface area (Å²) in [6.07, 6.45) is 0. The van der Waals surface area contributed by atoms with Gasteiger partial charge in [0.2, 0.25) is 5.91 Å². The van der Waals surface area contributed by atoms with Crippen molar-refractivity contribution in [1.82, 2.24) is 15.0 Å². The molecule has 0 saturated carbocycles. The predicted molar refractivity (Wildman–Crippen MR) is 112 cm³/mol. The molecule has 0 aliphatic carbocycles. The first-order valence-electron chi connectivity index (χ1n) is 9.30. The van der Waals surface area contributed by atoms with Crippen LogP contribution in [0.3, 0.4) is 0 Å². The summed E-state index contributed by atoms with van der Waals surface area (Å²) in [7, 11) is 1.67. The fraction of sp³-hybridized carbons (Fsp3) is 0.500. The number of aromatic nitrogens is 1. The molecule has 2 heterocycles. The SMILES string of the molecule is COc1ccc(Cl)cc1CN1CCN(C(=O)CSCc2c(C)noc2C)CC1. The molecule has 2 aromatic rings. The third-order valence-electron chi connectivity index (χ3n) is 5.01. The van der Waals surface area contributed by atoms with Gasteiger partial charge in [-0.05, 0) is 32.0 Å². The van der Waals surface area contributed by atoms with Crippen LogP contribution in [-0.4, -0.2) is 59.9 Å². The molecule has 152 valence electrons. The number of thioether (sulfide) groups is 1. The van der Waals surface area contributed by atoms with Crippen molar-refractivity contribution in [2.75, 3.05) is 39.0 Å². The maximum absolute atomic E-state index is 12.5. The molecule has 1 saturated heterocycles. The maximum atomic E-state index is 12.5. The number of carbonyl (C=O) groups excluding carboxylic acids is 1. The van der Waals surface area contributed by atoms with Crippen LogP contribution in [0.4, 0.5) is 0 Å². The van der Waals surface area contributed by atoms with Crippen LogP contribution in [0.1, 0.15) is 22.6 Å². The van der Waals surface area contributed by atoms with Gasteiger partial charge in [0.15, 0.2) is 0 Å². The number of ether oxygens (including phenoxy) is 1. The molecular weight excluding hydrogens is 398 g/mol. The lowest BCUT2D eigenvalue weighted by molar-refractivity contribution is -0.130. The molecular formula is C20H26ClN3O3S. The van der Waals surface area contributed by atoms with Crippen LogP contribution >= 0.6 is 23.4 Å². The van der Waals surface area contributed by atoms with Gasteiger partial charge >= 0.3 is 0 Å². The molecule has 0 radical (unpaired) electrons. The van der Waals surface area contributed by atoms with Crippen LogP contribution in [-0.2, 0) is 17.1 Å². The van der Waals surface area contributed by atoms with Gasteiger partial charge in [-0.25, -0.2) is 0 Å². The van der Waals surface area contributed by atoms with Gasteiger partial charge in [-0.2, -0.15) is 0 Å². The molecule has 0 atom stereocenters. The molecule has 3 rings (SSSR count). The number of methoxy groups -OCH3 is 1. The highest BCUT2D eigenvalue weighted by molar-refractivity contribution is 7.99. The summed E-state index contributed by atoms with van der Waals surface area (Å²) < 4.78 is 10.6. The zero-order valence-corrected chi connectivity index (χ0v) is 18.1. The molecule has 6 nitrogen and oxygen atoms in total. The van der Waals surface area contributed by atoms with Crippen molar-refractivity contribution in [2.45, 2.75) is 26.1 Å². The Morgan fingerprint density at radius 3 is 2.68 bits per heavy atom. The van der Waals surface area contributed by atoms with Gasteiger partial charge in [0.1, 0.15) is 11.5 Å². The Morgan fingerprint density at radius 1 is 1.29 bits per heavy atom. The van der Waals surface area contributed by atoms with E-state index in [1.54, 1.807) is 18.9 Å². The number of hydrogen-bond donors (Lipinski definition) is 0. The molecule has 0 unspecified atom stereocenters. The minimum absolute atomic E-state index is 0.191. The third kappa shape index (κ3) is 5.21. The largest absolute Gasteiger partial charge is 0.496 e. The molecule has 28 heavy (non-hydrogen) atoms. The Bertz CT molecular complexity index is 800. The standard InChI is InChI=1S/C20H26ClN3O3S/c1-14-18(15(2)27-22-14)12-28-13-20(25)24-8-6-23(7-9-24)11-16-10-17(21)4-5-19(16)26-3/h4-5,10H,6-9,11-13H2,1-3H3. The lowest BCUT2D eigenvalue weighted by Gasteiger charge is -2.35. The molecule has 1 aliphatic rings. The Balaban J connectivity index is 1.44. The van der Waals surface area contributed by atoms with E-state index in [9.17, 15) is 4.79 Å². The lowest BCUT2D eigenvalue weighted by atomic mass is 10.1. The maximum Gasteiger partial charge on any atom is 0.232 e. The zero-order valence-electron chi connectivity index (χ0n) is 16.5. The molecule has 1 aliphatic heterocycles. The number of halogens is 1. The van der Waals surface area contributed by atoms with Gasteiger partial charge in [-0.3, -0.25) is 9.69 Å². The van der Waals surface area contributed by atoms with Crippen LogP contribution in [0.2, 0.25) is 5.02 Å². The number of piperazine rings is 1. The Labute approximate surface area is 175 Å². The summed E-state index contributed by atoms with van der Waals surface area (Å²) >= 11 is 7.74. The summed E-state index contributed by atoms with van der Waals surface area (Å²) in [6, 6.07) is 5.68. The van der Waals surface area contributed by atoms with E-state index in [0.29, 0.717) is 10.8 Å².